The third-order valence-corrected chi connectivity index (χ3v) is 2.63. The van der Waals surface area contributed by atoms with E-state index in [-0.39, 0.29) is 5.91 Å². The molecule has 2 N–H and O–H groups in total. The van der Waals surface area contributed by atoms with E-state index >= 15 is 0 Å². The van der Waals surface area contributed by atoms with Crippen LogP contribution in [0.1, 0.15) is 24.5 Å². The van der Waals surface area contributed by atoms with Gasteiger partial charge in [0.2, 0.25) is 5.91 Å². The summed E-state index contributed by atoms with van der Waals surface area (Å²) < 4.78 is 5.47. The second kappa shape index (κ2) is 7.71. The van der Waals surface area contributed by atoms with Crippen molar-refractivity contribution in [3.63, 3.8) is 0 Å². The summed E-state index contributed by atoms with van der Waals surface area (Å²) in [5.41, 5.74) is 2.19. The van der Waals surface area contributed by atoms with Crippen molar-refractivity contribution >= 4 is 5.91 Å². The van der Waals surface area contributed by atoms with Crippen LogP contribution in [0.4, 0.5) is 0 Å². The Balaban J connectivity index is 2.48. The van der Waals surface area contributed by atoms with Gasteiger partial charge in [-0.3, -0.25) is 4.79 Å². The van der Waals surface area contributed by atoms with Gasteiger partial charge in [0.15, 0.2) is 0 Å². The van der Waals surface area contributed by atoms with E-state index in [0.717, 1.165) is 16.9 Å². The molecule has 0 atom stereocenters. The molecule has 1 amide bonds. The first-order valence-electron chi connectivity index (χ1n) is 6.31. The van der Waals surface area contributed by atoms with Gasteiger partial charge in [0.05, 0.1) is 6.61 Å². The first-order chi connectivity index (χ1) is 8.67. The van der Waals surface area contributed by atoms with Gasteiger partial charge in [-0.1, -0.05) is 12.1 Å². The first kappa shape index (κ1) is 14.5. The first-order valence-corrected chi connectivity index (χ1v) is 6.31. The highest BCUT2D eigenvalue weighted by molar-refractivity contribution is 5.76. The largest absolute Gasteiger partial charge is 0.494 e. The molecule has 4 nitrogen and oxygen atoms in total. The molecule has 0 bridgehead atoms. The summed E-state index contributed by atoms with van der Waals surface area (Å²) >= 11 is 0. The van der Waals surface area contributed by atoms with Crippen LogP contribution < -0.4 is 15.4 Å². The van der Waals surface area contributed by atoms with Gasteiger partial charge in [-0.25, -0.2) is 0 Å². The third-order valence-electron chi connectivity index (χ3n) is 2.63. The second-order valence-electron chi connectivity index (χ2n) is 4.16. The summed E-state index contributed by atoms with van der Waals surface area (Å²) in [7, 11) is 1.84. The number of ether oxygens (including phenoxy) is 1. The van der Waals surface area contributed by atoms with Crippen molar-refractivity contribution in [2.45, 2.75) is 26.8 Å². The Labute approximate surface area is 109 Å². The Morgan fingerprint density at radius 3 is 2.78 bits per heavy atom. The number of aryl methyl sites for hydroxylation is 1. The summed E-state index contributed by atoms with van der Waals surface area (Å²) in [4.78, 5) is 11.5. The average Bonchev–Trinajstić information content (AvgIpc) is 2.37. The minimum atomic E-state index is 0.0656. The van der Waals surface area contributed by atoms with Gasteiger partial charge in [-0.2, -0.15) is 0 Å². The number of hydrogen-bond donors (Lipinski definition) is 2. The molecular formula is C14H22N2O2. The van der Waals surface area contributed by atoms with Crippen LogP contribution in [-0.4, -0.2) is 26.1 Å². The highest BCUT2D eigenvalue weighted by Gasteiger charge is 2.03. The maximum absolute atomic E-state index is 11.5. The van der Waals surface area contributed by atoms with Gasteiger partial charge in [-0.15, -0.1) is 0 Å². The number of hydrogen-bond acceptors (Lipinski definition) is 3. The minimum Gasteiger partial charge on any atom is -0.494 e. The molecule has 0 unspecified atom stereocenters. The van der Waals surface area contributed by atoms with Crippen LogP contribution in [0.2, 0.25) is 0 Å². The molecule has 1 rings (SSSR count). The van der Waals surface area contributed by atoms with Crippen LogP contribution >= 0.6 is 0 Å². The summed E-state index contributed by atoms with van der Waals surface area (Å²) in [6.45, 7) is 5.91. The molecule has 18 heavy (non-hydrogen) atoms. The highest BCUT2D eigenvalue weighted by Crippen LogP contribution is 2.18. The SMILES string of the molecule is CCOc1ccc(CNC(=O)CCNC)cc1C. The number of amides is 1. The molecule has 0 radical (unpaired) electrons. The monoisotopic (exact) mass is 250 g/mol. The Morgan fingerprint density at radius 2 is 2.17 bits per heavy atom. The summed E-state index contributed by atoms with van der Waals surface area (Å²) in [6.07, 6.45) is 0.506. The quantitative estimate of drug-likeness (QED) is 0.773. The molecule has 100 valence electrons. The van der Waals surface area contributed by atoms with E-state index in [9.17, 15) is 4.79 Å². The zero-order valence-corrected chi connectivity index (χ0v) is 11.4. The molecule has 0 saturated heterocycles. The highest BCUT2D eigenvalue weighted by atomic mass is 16.5. The fraction of sp³-hybridized carbons (Fsp3) is 0.500. The average molecular weight is 250 g/mol. The molecule has 0 saturated carbocycles. The number of carbonyl (C=O) groups excluding carboxylic acids is 1. The van der Waals surface area contributed by atoms with E-state index in [1.54, 1.807) is 0 Å². The Bertz CT molecular complexity index is 391. The van der Waals surface area contributed by atoms with Crippen molar-refractivity contribution in [3.05, 3.63) is 29.3 Å². The van der Waals surface area contributed by atoms with Crippen molar-refractivity contribution in [1.82, 2.24) is 10.6 Å². The standard InChI is InChI=1S/C14H22N2O2/c1-4-18-13-6-5-12(9-11(13)2)10-16-14(17)7-8-15-3/h5-6,9,15H,4,7-8,10H2,1-3H3,(H,16,17). The van der Waals surface area contributed by atoms with Gasteiger partial charge in [0, 0.05) is 19.5 Å². The molecule has 0 spiro atoms. The Hall–Kier alpha value is -1.55. The van der Waals surface area contributed by atoms with Gasteiger partial charge in [0.1, 0.15) is 5.75 Å². The molecule has 0 aromatic heterocycles. The molecule has 1 aromatic carbocycles. The maximum atomic E-state index is 11.5. The predicted molar refractivity (Wildman–Crippen MR) is 72.7 cm³/mol. The molecule has 1 aromatic rings. The number of rotatable bonds is 7. The molecule has 0 fully saturated rings. The van der Waals surface area contributed by atoms with Crippen LogP contribution in [0, 0.1) is 6.92 Å². The van der Waals surface area contributed by atoms with Crippen LogP contribution in [0.3, 0.4) is 0 Å². The van der Waals surface area contributed by atoms with E-state index < -0.39 is 0 Å². The number of nitrogens with one attached hydrogen (secondary N) is 2. The molecule has 0 heterocycles. The molecule has 0 aliphatic heterocycles. The van der Waals surface area contributed by atoms with Crippen LogP contribution in [0.5, 0.6) is 5.75 Å². The lowest BCUT2D eigenvalue weighted by Gasteiger charge is -2.10. The molecule has 0 aliphatic rings. The van der Waals surface area contributed by atoms with Crippen molar-refractivity contribution in [3.8, 4) is 5.75 Å². The lowest BCUT2D eigenvalue weighted by atomic mass is 10.1. The topological polar surface area (TPSA) is 50.4 Å². The normalized spacial score (nSPS) is 10.2. The van der Waals surface area contributed by atoms with E-state index in [4.69, 9.17) is 4.74 Å². The van der Waals surface area contributed by atoms with E-state index in [1.807, 2.05) is 39.1 Å². The van der Waals surface area contributed by atoms with Crippen LogP contribution in [0.25, 0.3) is 0 Å². The number of carbonyl (C=O) groups is 1. The van der Waals surface area contributed by atoms with Gasteiger partial charge in [0.25, 0.3) is 0 Å². The van der Waals surface area contributed by atoms with Crippen molar-refractivity contribution in [2.24, 2.45) is 0 Å². The zero-order chi connectivity index (χ0) is 13.4. The second-order valence-corrected chi connectivity index (χ2v) is 4.16. The summed E-state index contributed by atoms with van der Waals surface area (Å²) in [5.74, 6) is 0.971. The van der Waals surface area contributed by atoms with Crippen LogP contribution in [0.15, 0.2) is 18.2 Å². The Kier molecular flexibility index (Phi) is 6.22. The van der Waals surface area contributed by atoms with E-state index in [0.29, 0.717) is 26.1 Å². The fourth-order valence-corrected chi connectivity index (χ4v) is 1.67. The van der Waals surface area contributed by atoms with Gasteiger partial charge >= 0.3 is 0 Å². The van der Waals surface area contributed by atoms with Crippen molar-refractivity contribution in [2.75, 3.05) is 20.2 Å². The Morgan fingerprint density at radius 1 is 1.39 bits per heavy atom. The van der Waals surface area contributed by atoms with E-state index in [2.05, 4.69) is 10.6 Å². The smallest absolute Gasteiger partial charge is 0.221 e. The maximum Gasteiger partial charge on any atom is 0.221 e. The number of benzene rings is 1. The summed E-state index contributed by atoms with van der Waals surface area (Å²) in [6, 6.07) is 5.98. The van der Waals surface area contributed by atoms with Crippen molar-refractivity contribution in [1.29, 1.82) is 0 Å². The third kappa shape index (κ3) is 4.75. The van der Waals surface area contributed by atoms with Gasteiger partial charge in [-0.05, 0) is 38.1 Å². The van der Waals surface area contributed by atoms with Gasteiger partial charge < -0.3 is 15.4 Å². The zero-order valence-electron chi connectivity index (χ0n) is 11.4. The lowest BCUT2D eigenvalue weighted by Crippen LogP contribution is -2.26. The molecule has 4 heteroatoms. The summed E-state index contributed by atoms with van der Waals surface area (Å²) in [5, 5.41) is 5.84. The fourth-order valence-electron chi connectivity index (χ4n) is 1.67. The minimum absolute atomic E-state index is 0.0656. The lowest BCUT2D eigenvalue weighted by molar-refractivity contribution is -0.121. The van der Waals surface area contributed by atoms with E-state index in [1.165, 1.54) is 0 Å². The predicted octanol–water partition coefficient (Wildman–Crippen LogP) is 1.62. The molecular weight excluding hydrogens is 228 g/mol. The molecule has 0 aliphatic carbocycles. The van der Waals surface area contributed by atoms with Crippen molar-refractivity contribution < 1.29 is 9.53 Å². The van der Waals surface area contributed by atoms with Crippen LogP contribution in [-0.2, 0) is 11.3 Å².